The summed E-state index contributed by atoms with van der Waals surface area (Å²) in [6, 6.07) is 12.5. The maximum Gasteiger partial charge on any atom is 0.426 e. The van der Waals surface area contributed by atoms with E-state index in [1.807, 2.05) is 4.72 Å². The van der Waals surface area contributed by atoms with Crippen LogP contribution in [0.1, 0.15) is 0 Å². The fourth-order valence-corrected chi connectivity index (χ4v) is 3.05. The van der Waals surface area contributed by atoms with Crippen molar-refractivity contribution in [2.45, 2.75) is 4.90 Å². The third kappa shape index (κ3) is 3.92. The van der Waals surface area contributed by atoms with E-state index in [9.17, 15) is 13.2 Å². The molecule has 0 aliphatic rings. The first-order chi connectivity index (χ1) is 11.0. The molecule has 2 aromatic rings. The summed E-state index contributed by atoms with van der Waals surface area (Å²) in [6.07, 6.45) is -1.14. The Bertz CT molecular complexity index is 767. The van der Waals surface area contributed by atoms with Crippen molar-refractivity contribution in [3.63, 3.8) is 0 Å². The number of hydrogen-bond donors (Lipinski definition) is 1. The maximum atomic E-state index is 12.4. The average Bonchev–Trinajstić information content (AvgIpc) is 2.54. The molecular weight excluding hydrogens is 322 g/mol. The second-order valence-corrected chi connectivity index (χ2v) is 5.92. The van der Waals surface area contributed by atoms with Gasteiger partial charge in [-0.15, -0.1) is 0 Å². The van der Waals surface area contributed by atoms with Crippen LogP contribution >= 0.6 is 0 Å². The number of amides is 1. The van der Waals surface area contributed by atoms with Gasteiger partial charge < -0.3 is 14.2 Å². The molecule has 8 heteroatoms. The number of sulfonamides is 1. The van der Waals surface area contributed by atoms with Crippen molar-refractivity contribution < 1.29 is 27.4 Å². The van der Waals surface area contributed by atoms with Gasteiger partial charge in [0.25, 0.3) is 10.0 Å². The number of para-hydroxylation sites is 1. The molecule has 1 N–H and O–H groups in total. The first-order valence-electron chi connectivity index (χ1n) is 6.48. The first kappa shape index (κ1) is 16.6. The molecule has 0 aliphatic carbocycles. The van der Waals surface area contributed by atoms with E-state index in [1.54, 1.807) is 24.3 Å². The topological polar surface area (TPSA) is 90.9 Å². The van der Waals surface area contributed by atoms with Crippen LogP contribution in [0.3, 0.4) is 0 Å². The van der Waals surface area contributed by atoms with Gasteiger partial charge >= 0.3 is 6.09 Å². The van der Waals surface area contributed by atoms with Gasteiger partial charge in [-0.25, -0.2) is 17.9 Å². The average molecular weight is 337 g/mol. The van der Waals surface area contributed by atoms with Gasteiger partial charge in [-0.3, -0.25) is 0 Å². The van der Waals surface area contributed by atoms with Crippen molar-refractivity contribution in [1.29, 1.82) is 0 Å². The lowest BCUT2D eigenvalue weighted by Crippen LogP contribution is -2.33. The van der Waals surface area contributed by atoms with Crippen molar-refractivity contribution in [3.05, 3.63) is 48.5 Å². The Balaban J connectivity index is 2.27. The van der Waals surface area contributed by atoms with E-state index >= 15 is 0 Å². The van der Waals surface area contributed by atoms with Crippen LogP contribution in [0.2, 0.25) is 0 Å². The summed E-state index contributed by atoms with van der Waals surface area (Å²) < 4.78 is 41.6. The third-order valence-corrected chi connectivity index (χ3v) is 4.20. The maximum absolute atomic E-state index is 12.4. The second kappa shape index (κ2) is 7.01. The SMILES string of the molecule is COc1cccc(OC)c1S(=O)(=O)NC(=O)Oc1ccccc1. The van der Waals surface area contributed by atoms with Crippen LogP contribution < -0.4 is 18.9 Å². The normalized spacial score (nSPS) is 10.7. The number of carbonyl (C=O) groups excluding carboxylic acids is 1. The zero-order valence-electron chi connectivity index (χ0n) is 12.5. The summed E-state index contributed by atoms with van der Waals surface area (Å²) in [5, 5.41) is 0. The molecule has 0 atom stereocenters. The Morgan fingerprint density at radius 3 is 2.00 bits per heavy atom. The highest BCUT2D eigenvalue weighted by atomic mass is 32.2. The van der Waals surface area contributed by atoms with E-state index in [1.165, 1.54) is 38.5 Å². The molecule has 2 rings (SSSR count). The minimum Gasteiger partial charge on any atom is -0.495 e. The number of ether oxygens (including phenoxy) is 3. The second-order valence-electron chi connectivity index (χ2n) is 4.30. The number of hydrogen-bond acceptors (Lipinski definition) is 6. The van der Waals surface area contributed by atoms with Gasteiger partial charge in [-0.2, -0.15) is 0 Å². The summed E-state index contributed by atoms with van der Waals surface area (Å²) in [6.45, 7) is 0. The summed E-state index contributed by atoms with van der Waals surface area (Å²) in [7, 11) is -1.61. The molecule has 0 radical (unpaired) electrons. The Hall–Kier alpha value is -2.74. The van der Waals surface area contributed by atoms with E-state index in [0.717, 1.165) is 0 Å². The molecule has 1 amide bonds. The van der Waals surface area contributed by atoms with Crippen molar-refractivity contribution in [2.75, 3.05) is 14.2 Å². The van der Waals surface area contributed by atoms with Crippen LogP contribution in [-0.4, -0.2) is 28.7 Å². The molecule has 0 saturated carbocycles. The van der Waals surface area contributed by atoms with E-state index in [-0.39, 0.29) is 22.1 Å². The Labute approximate surface area is 133 Å². The number of nitrogens with one attached hydrogen (secondary N) is 1. The third-order valence-electron chi connectivity index (χ3n) is 2.82. The highest BCUT2D eigenvalue weighted by Crippen LogP contribution is 2.32. The van der Waals surface area contributed by atoms with Crippen LogP contribution in [-0.2, 0) is 10.0 Å². The molecule has 0 spiro atoms. The van der Waals surface area contributed by atoms with Crippen molar-refractivity contribution in [3.8, 4) is 17.2 Å². The zero-order chi connectivity index (χ0) is 16.9. The molecular formula is C15H15NO6S. The molecule has 23 heavy (non-hydrogen) atoms. The minimum absolute atomic E-state index is 0.0457. The molecule has 0 aromatic heterocycles. The summed E-state index contributed by atoms with van der Waals surface area (Å²) >= 11 is 0. The molecule has 0 aliphatic heterocycles. The summed E-state index contributed by atoms with van der Waals surface area (Å²) in [5.74, 6) is 0.306. The lowest BCUT2D eigenvalue weighted by Gasteiger charge is -2.13. The number of methoxy groups -OCH3 is 2. The minimum atomic E-state index is -4.24. The predicted octanol–water partition coefficient (Wildman–Crippen LogP) is 2.18. The highest BCUT2D eigenvalue weighted by molar-refractivity contribution is 7.90. The molecule has 7 nitrogen and oxygen atoms in total. The largest absolute Gasteiger partial charge is 0.495 e. The zero-order valence-corrected chi connectivity index (χ0v) is 13.3. The van der Waals surface area contributed by atoms with Gasteiger partial charge in [0.15, 0.2) is 4.90 Å². The van der Waals surface area contributed by atoms with Crippen molar-refractivity contribution in [2.24, 2.45) is 0 Å². The van der Waals surface area contributed by atoms with E-state index in [0.29, 0.717) is 0 Å². The molecule has 0 unspecified atom stereocenters. The number of rotatable bonds is 5. The molecule has 0 bridgehead atoms. The van der Waals surface area contributed by atoms with Gasteiger partial charge in [-0.1, -0.05) is 24.3 Å². The Morgan fingerprint density at radius 2 is 1.48 bits per heavy atom. The van der Waals surface area contributed by atoms with Crippen LogP contribution in [0.25, 0.3) is 0 Å². The lowest BCUT2D eigenvalue weighted by molar-refractivity contribution is 0.206. The molecule has 0 fully saturated rings. The van der Waals surface area contributed by atoms with E-state index in [2.05, 4.69) is 0 Å². The smallest absolute Gasteiger partial charge is 0.426 e. The quantitative estimate of drug-likeness (QED) is 0.899. The van der Waals surface area contributed by atoms with Gasteiger partial charge in [-0.05, 0) is 24.3 Å². The molecule has 0 saturated heterocycles. The van der Waals surface area contributed by atoms with Crippen LogP contribution in [0.15, 0.2) is 53.4 Å². The van der Waals surface area contributed by atoms with Gasteiger partial charge in [0.05, 0.1) is 14.2 Å². The van der Waals surface area contributed by atoms with Gasteiger partial charge in [0.1, 0.15) is 17.2 Å². The fraction of sp³-hybridized carbons (Fsp3) is 0.133. The Kier molecular flexibility index (Phi) is 5.07. The standard InChI is InChI=1S/C15H15NO6S/c1-20-12-9-6-10-13(21-2)14(12)23(18,19)16-15(17)22-11-7-4-3-5-8-11/h3-10H,1-2H3,(H,16,17). The first-order valence-corrected chi connectivity index (χ1v) is 7.97. The molecule has 0 heterocycles. The summed E-state index contributed by atoms with van der Waals surface area (Å²) in [4.78, 5) is 11.5. The fourth-order valence-electron chi connectivity index (χ4n) is 1.86. The van der Waals surface area contributed by atoms with Crippen molar-refractivity contribution >= 4 is 16.1 Å². The lowest BCUT2D eigenvalue weighted by atomic mass is 10.3. The number of carbonyl (C=O) groups is 1. The van der Waals surface area contributed by atoms with Crippen LogP contribution in [0.4, 0.5) is 4.79 Å². The van der Waals surface area contributed by atoms with Crippen LogP contribution in [0, 0.1) is 0 Å². The summed E-state index contributed by atoms with van der Waals surface area (Å²) in [5.41, 5.74) is 0. The van der Waals surface area contributed by atoms with E-state index < -0.39 is 16.1 Å². The number of benzene rings is 2. The highest BCUT2D eigenvalue weighted by Gasteiger charge is 2.27. The van der Waals surface area contributed by atoms with Gasteiger partial charge in [0, 0.05) is 0 Å². The molecule has 2 aromatic carbocycles. The van der Waals surface area contributed by atoms with Crippen LogP contribution in [0.5, 0.6) is 17.2 Å². The Morgan fingerprint density at radius 1 is 0.913 bits per heavy atom. The predicted molar refractivity (Wildman–Crippen MR) is 82.3 cm³/mol. The van der Waals surface area contributed by atoms with Gasteiger partial charge in [0.2, 0.25) is 0 Å². The monoisotopic (exact) mass is 337 g/mol. The molecule has 122 valence electrons. The van der Waals surface area contributed by atoms with E-state index in [4.69, 9.17) is 14.2 Å². The van der Waals surface area contributed by atoms with Crippen molar-refractivity contribution in [1.82, 2.24) is 4.72 Å².